The average Bonchev–Trinajstić information content (AvgIpc) is 3.23. The Morgan fingerprint density at radius 2 is 1.61 bits per heavy atom. The zero-order chi connectivity index (χ0) is 19.8. The van der Waals surface area contributed by atoms with E-state index in [1.165, 1.54) is 6.08 Å². The largest absolute Gasteiger partial charge is 0.457 e. The van der Waals surface area contributed by atoms with E-state index in [9.17, 15) is 9.59 Å². The predicted molar refractivity (Wildman–Crippen MR) is 109 cm³/mol. The molecule has 2 heterocycles. The molecule has 8 heteroatoms. The van der Waals surface area contributed by atoms with Gasteiger partial charge in [0.25, 0.3) is 11.8 Å². The molecule has 1 aromatic heterocycles. The summed E-state index contributed by atoms with van der Waals surface area (Å²) in [6.07, 6.45) is 1.39. The van der Waals surface area contributed by atoms with Crippen LogP contribution in [-0.2, 0) is 9.59 Å². The second-order valence-electron chi connectivity index (χ2n) is 5.94. The predicted octanol–water partition coefficient (Wildman–Crippen LogP) is 5.37. The van der Waals surface area contributed by atoms with Crippen LogP contribution in [0.25, 0.3) is 17.4 Å². The number of hydrogen-bond acceptors (Lipinski definition) is 3. The maximum absolute atomic E-state index is 12.6. The molecular formula is C20H11Cl3N2O3. The number of benzene rings is 2. The van der Waals surface area contributed by atoms with Crippen molar-refractivity contribution < 1.29 is 14.0 Å². The fourth-order valence-electron chi connectivity index (χ4n) is 2.74. The number of carbonyl (C=O) groups excluding carboxylic acids is 2. The lowest BCUT2D eigenvalue weighted by molar-refractivity contribution is -0.117. The van der Waals surface area contributed by atoms with Gasteiger partial charge in [-0.2, -0.15) is 0 Å². The smallest absolute Gasteiger partial charge is 0.282 e. The third kappa shape index (κ3) is 3.52. The van der Waals surface area contributed by atoms with Crippen LogP contribution in [-0.4, -0.2) is 11.8 Å². The molecule has 1 aliphatic heterocycles. The van der Waals surface area contributed by atoms with Gasteiger partial charge in [-0.15, -0.1) is 0 Å². The number of nitrogens with one attached hydrogen (secondary N) is 1. The molecule has 0 unspecified atom stereocenters. The average molecular weight is 434 g/mol. The Bertz CT molecular complexity index is 1120. The number of furan rings is 1. The summed E-state index contributed by atoms with van der Waals surface area (Å²) < 4.78 is 5.73. The highest BCUT2D eigenvalue weighted by molar-refractivity contribution is 6.36. The number of nitrogens with zero attached hydrogens (tertiary/aromatic N) is 1. The molecule has 3 aromatic rings. The van der Waals surface area contributed by atoms with Gasteiger partial charge in [0, 0.05) is 15.6 Å². The van der Waals surface area contributed by atoms with Gasteiger partial charge < -0.3 is 4.42 Å². The van der Waals surface area contributed by atoms with Crippen molar-refractivity contribution in [3.8, 4) is 11.3 Å². The van der Waals surface area contributed by atoms with Gasteiger partial charge in [0.05, 0.1) is 10.7 Å². The van der Waals surface area contributed by atoms with Crippen molar-refractivity contribution in [1.82, 2.24) is 5.43 Å². The van der Waals surface area contributed by atoms with Crippen LogP contribution in [0.4, 0.5) is 5.69 Å². The summed E-state index contributed by atoms with van der Waals surface area (Å²) >= 11 is 18.0. The number of amides is 2. The lowest BCUT2D eigenvalue weighted by atomic mass is 10.2. The number of hydrazine groups is 1. The van der Waals surface area contributed by atoms with E-state index in [4.69, 9.17) is 39.2 Å². The highest BCUT2D eigenvalue weighted by atomic mass is 35.5. The fraction of sp³-hybridized carbons (Fsp3) is 0. The Hall–Kier alpha value is -2.73. The molecule has 2 aromatic carbocycles. The fourth-order valence-corrected chi connectivity index (χ4v) is 3.36. The normalized spacial score (nSPS) is 15.4. The monoisotopic (exact) mass is 432 g/mol. The maximum atomic E-state index is 12.6. The Morgan fingerprint density at radius 3 is 2.32 bits per heavy atom. The Kier molecular flexibility index (Phi) is 4.89. The maximum Gasteiger partial charge on any atom is 0.282 e. The minimum Gasteiger partial charge on any atom is -0.457 e. The summed E-state index contributed by atoms with van der Waals surface area (Å²) in [7, 11) is 0. The second-order valence-corrected chi connectivity index (χ2v) is 7.22. The van der Waals surface area contributed by atoms with E-state index >= 15 is 0 Å². The quantitative estimate of drug-likeness (QED) is 0.446. The molecule has 0 radical (unpaired) electrons. The Labute approximate surface area is 175 Å². The van der Waals surface area contributed by atoms with Crippen molar-refractivity contribution in [2.24, 2.45) is 0 Å². The minimum atomic E-state index is -0.526. The first-order chi connectivity index (χ1) is 13.4. The van der Waals surface area contributed by atoms with E-state index in [2.05, 4.69) is 5.43 Å². The Balaban J connectivity index is 1.62. The number of anilines is 1. The third-order valence-electron chi connectivity index (χ3n) is 4.09. The van der Waals surface area contributed by atoms with Crippen molar-refractivity contribution in [3.63, 3.8) is 0 Å². The molecule has 2 amide bonds. The van der Waals surface area contributed by atoms with Crippen LogP contribution in [0.1, 0.15) is 5.76 Å². The van der Waals surface area contributed by atoms with Crippen molar-refractivity contribution in [3.05, 3.63) is 81.0 Å². The van der Waals surface area contributed by atoms with Crippen LogP contribution < -0.4 is 10.4 Å². The van der Waals surface area contributed by atoms with Crippen LogP contribution in [0.2, 0.25) is 15.1 Å². The number of hydrogen-bond donors (Lipinski definition) is 1. The summed E-state index contributed by atoms with van der Waals surface area (Å²) in [6, 6.07) is 14.9. The van der Waals surface area contributed by atoms with Crippen molar-refractivity contribution in [2.75, 3.05) is 5.01 Å². The lowest BCUT2D eigenvalue weighted by Gasteiger charge is -2.14. The van der Waals surface area contributed by atoms with Gasteiger partial charge in [-0.3, -0.25) is 15.0 Å². The van der Waals surface area contributed by atoms with E-state index in [0.717, 1.165) is 5.01 Å². The van der Waals surface area contributed by atoms with Gasteiger partial charge in [0.2, 0.25) is 0 Å². The highest BCUT2D eigenvalue weighted by Crippen LogP contribution is 2.32. The molecule has 0 saturated carbocycles. The highest BCUT2D eigenvalue weighted by Gasteiger charge is 2.34. The van der Waals surface area contributed by atoms with Gasteiger partial charge in [-0.25, -0.2) is 5.01 Å². The van der Waals surface area contributed by atoms with Gasteiger partial charge in [0.1, 0.15) is 17.1 Å². The van der Waals surface area contributed by atoms with E-state index < -0.39 is 11.8 Å². The van der Waals surface area contributed by atoms with Crippen molar-refractivity contribution >= 4 is 58.4 Å². The van der Waals surface area contributed by atoms with E-state index in [-0.39, 0.29) is 5.57 Å². The SMILES string of the molecule is O=C1NN(c2ccc(Cl)cc2)C(=O)/C1=C/c1ccc(-c2ccc(Cl)cc2Cl)o1. The van der Waals surface area contributed by atoms with Crippen LogP contribution in [0.5, 0.6) is 0 Å². The van der Waals surface area contributed by atoms with E-state index in [0.29, 0.717) is 37.8 Å². The second kappa shape index (κ2) is 7.36. The summed E-state index contributed by atoms with van der Waals surface area (Å²) in [6.45, 7) is 0. The van der Waals surface area contributed by atoms with Crippen molar-refractivity contribution in [2.45, 2.75) is 0 Å². The third-order valence-corrected chi connectivity index (χ3v) is 4.89. The van der Waals surface area contributed by atoms with E-state index in [1.807, 2.05) is 0 Å². The molecule has 28 heavy (non-hydrogen) atoms. The number of halogens is 3. The molecule has 0 spiro atoms. The molecule has 1 aliphatic rings. The molecule has 140 valence electrons. The number of carbonyl (C=O) groups is 2. The summed E-state index contributed by atoms with van der Waals surface area (Å²) in [5.41, 5.74) is 3.63. The molecule has 0 atom stereocenters. The molecule has 1 fully saturated rings. The van der Waals surface area contributed by atoms with Crippen LogP contribution in [0, 0.1) is 0 Å². The molecule has 4 rings (SSSR count). The molecule has 1 saturated heterocycles. The first kappa shape index (κ1) is 18.6. The molecule has 0 bridgehead atoms. The van der Waals surface area contributed by atoms with Gasteiger partial charge in [0.15, 0.2) is 0 Å². The zero-order valence-electron chi connectivity index (χ0n) is 14.1. The minimum absolute atomic E-state index is 0.0435. The summed E-state index contributed by atoms with van der Waals surface area (Å²) in [5, 5.41) is 2.63. The summed E-state index contributed by atoms with van der Waals surface area (Å²) in [5.74, 6) is -0.177. The standard InChI is InChI=1S/C20H11Cl3N2O3/c21-11-1-4-13(5-2-11)25-20(27)16(19(26)24-25)10-14-6-8-18(28-14)15-7-3-12(22)9-17(15)23/h1-10H,(H,24,26)/b16-10+. The Morgan fingerprint density at radius 1 is 0.893 bits per heavy atom. The molecule has 5 nitrogen and oxygen atoms in total. The molecule has 0 aliphatic carbocycles. The first-order valence-electron chi connectivity index (χ1n) is 8.10. The van der Waals surface area contributed by atoms with Gasteiger partial charge in [-0.05, 0) is 60.7 Å². The first-order valence-corrected chi connectivity index (χ1v) is 9.24. The van der Waals surface area contributed by atoms with Crippen LogP contribution in [0.15, 0.2) is 64.6 Å². The van der Waals surface area contributed by atoms with Crippen LogP contribution in [0.3, 0.4) is 0 Å². The topological polar surface area (TPSA) is 62.6 Å². The van der Waals surface area contributed by atoms with Crippen molar-refractivity contribution in [1.29, 1.82) is 0 Å². The van der Waals surface area contributed by atoms with Gasteiger partial charge >= 0.3 is 0 Å². The molecule has 1 N–H and O–H groups in total. The summed E-state index contributed by atoms with van der Waals surface area (Å²) in [4.78, 5) is 24.9. The number of rotatable bonds is 3. The van der Waals surface area contributed by atoms with E-state index in [1.54, 1.807) is 54.6 Å². The molecular weight excluding hydrogens is 423 g/mol. The van der Waals surface area contributed by atoms with Crippen LogP contribution >= 0.6 is 34.8 Å². The zero-order valence-corrected chi connectivity index (χ0v) is 16.3. The lowest BCUT2D eigenvalue weighted by Crippen LogP contribution is -2.35. The van der Waals surface area contributed by atoms with Gasteiger partial charge in [-0.1, -0.05) is 34.8 Å².